The van der Waals surface area contributed by atoms with Crippen molar-refractivity contribution in [2.24, 2.45) is 0 Å². The molecule has 124 valence electrons. The summed E-state index contributed by atoms with van der Waals surface area (Å²) in [5.74, 6) is 1.97. The molecular formula is C14H15ClN8S. The summed E-state index contributed by atoms with van der Waals surface area (Å²) in [7, 11) is 0. The molecule has 0 fully saturated rings. The first kappa shape index (κ1) is 16.5. The van der Waals surface area contributed by atoms with Gasteiger partial charge in [0.15, 0.2) is 11.0 Å². The number of aromatic nitrogens is 6. The third-order valence-electron chi connectivity index (χ3n) is 3.18. The zero-order chi connectivity index (χ0) is 17.1. The van der Waals surface area contributed by atoms with Crippen LogP contribution in [-0.4, -0.2) is 29.7 Å². The molecule has 2 heterocycles. The minimum absolute atomic E-state index is 0.108. The van der Waals surface area contributed by atoms with Crippen LogP contribution < -0.4 is 11.5 Å². The minimum atomic E-state index is 0.108. The Hall–Kier alpha value is -2.39. The van der Waals surface area contributed by atoms with Gasteiger partial charge in [-0.3, -0.25) is 0 Å². The first-order valence-corrected chi connectivity index (χ1v) is 8.51. The van der Waals surface area contributed by atoms with Gasteiger partial charge in [0.2, 0.25) is 11.9 Å². The van der Waals surface area contributed by atoms with Gasteiger partial charge in [0.1, 0.15) is 5.82 Å². The Morgan fingerprint density at radius 2 is 1.71 bits per heavy atom. The Morgan fingerprint density at radius 1 is 1.04 bits per heavy atom. The van der Waals surface area contributed by atoms with Gasteiger partial charge in [0, 0.05) is 17.1 Å². The van der Waals surface area contributed by atoms with Crippen molar-refractivity contribution in [2.75, 3.05) is 11.5 Å². The topological polar surface area (TPSA) is 121 Å². The summed E-state index contributed by atoms with van der Waals surface area (Å²) in [6.45, 7) is 2.76. The van der Waals surface area contributed by atoms with Crippen molar-refractivity contribution >= 4 is 35.3 Å². The fourth-order valence-corrected chi connectivity index (χ4v) is 3.13. The predicted octanol–water partition coefficient (Wildman–Crippen LogP) is 2.26. The summed E-state index contributed by atoms with van der Waals surface area (Å²) in [6.07, 6.45) is 0. The Labute approximate surface area is 147 Å². The van der Waals surface area contributed by atoms with Gasteiger partial charge in [0.25, 0.3) is 0 Å². The molecule has 2 aromatic heterocycles. The van der Waals surface area contributed by atoms with E-state index >= 15 is 0 Å². The van der Waals surface area contributed by atoms with Crippen LogP contribution in [0.5, 0.6) is 0 Å². The van der Waals surface area contributed by atoms with Gasteiger partial charge in [-0.15, -0.1) is 10.2 Å². The van der Waals surface area contributed by atoms with E-state index in [0.29, 0.717) is 16.6 Å². The number of thioether (sulfide) groups is 1. The molecule has 24 heavy (non-hydrogen) atoms. The van der Waals surface area contributed by atoms with Gasteiger partial charge in [0.05, 0.1) is 5.75 Å². The van der Waals surface area contributed by atoms with Crippen molar-refractivity contribution in [2.45, 2.75) is 24.4 Å². The molecule has 0 spiro atoms. The SMILES string of the molecule is CCn1c(SCc2nc(N)nc(N)n2)nnc1-c1ccc(Cl)cc1. The molecule has 4 N–H and O–H groups in total. The highest BCUT2D eigenvalue weighted by Crippen LogP contribution is 2.26. The maximum absolute atomic E-state index is 5.93. The molecule has 0 unspecified atom stereocenters. The van der Waals surface area contributed by atoms with E-state index in [1.807, 2.05) is 35.8 Å². The highest BCUT2D eigenvalue weighted by atomic mass is 35.5. The highest BCUT2D eigenvalue weighted by Gasteiger charge is 2.14. The zero-order valence-electron chi connectivity index (χ0n) is 12.8. The van der Waals surface area contributed by atoms with E-state index in [-0.39, 0.29) is 11.9 Å². The molecule has 3 rings (SSSR count). The van der Waals surface area contributed by atoms with Crippen LogP contribution in [0.1, 0.15) is 12.7 Å². The number of hydrogen-bond acceptors (Lipinski definition) is 8. The van der Waals surface area contributed by atoms with E-state index in [9.17, 15) is 0 Å². The average Bonchev–Trinajstić information content (AvgIpc) is 2.95. The minimum Gasteiger partial charge on any atom is -0.368 e. The summed E-state index contributed by atoms with van der Waals surface area (Å²) >= 11 is 7.39. The quantitative estimate of drug-likeness (QED) is 0.663. The second-order valence-electron chi connectivity index (χ2n) is 4.81. The number of halogens is 1. The first-order chi connectivity index (χ1) is 11.6. The van der Waals surface area contributed by atoms with E-state index in [2.05, 4.69) is 25.1 Å². The first-order valence-electron chi connectivity index (χ1n) is 7.14. The Kier molecular flexibility index (Phi) is 4.81. The summed E-state index contributed by atoms with van der Waals surface area (Å²) in [5.41, 5.74) is 12.1. The molecule has 1 aromatic carbocycles. The smallest absolute Gasteiger partial charge is 0.225 e. The third kappa shape index (κ3) is 3.57. The van der Waals surface area contributed by atoms with Crippen molar-refractivity contribution < 1.29 is 0 Å². The molecule has 0 saturated heterocycles. The molecule has 0 bridgehead atoms. The number of nitrogens with two attached hydrogens (primary N) is 2. The van der Waals surface area contributed by atoms with Crippen molar-refractivity contribution in [1.29, 1.82) is 0 Å². The van der Waals surface area contributed by atoms with Crippen LogP contribution in [0, 0.1) is 0 Å². The second-order valence-corrected chi connectivity index (χ2v) is 6.19. The van der Waals surface area contributed by atoms with Crippen LogP contribution in [0.2, 0.25) is 5.02 Å². The summed E-state index contributed by atoms with van der Waals surface area (Å²) in [6, 6.07) is 7.49. The van der Waals surface area contributed by atoms with Gasteiger partial charge in [-0.05, 0) is 31.2 Å². The fourth-order valence-electron chi connectivity index (χ4n) is 2.14. The lowest BCUT2D eigenvalue weighted by atomic mass is 10.2. The highest BCUT2D eigenvalue weighted by molar-refractivity contribution is 7.98. The van der Waals surface area contributed by atoms with Gasteiger partial charge in [-0.2, -0.15) is 15.0 Å². The summed E-state index contributed by atoms with van der Waals surface area (Å²) in [5, 5.41) is 9.98. The lowest BCUT2D eigenvalue weighted by Crippen LogP contribution is -2.06. The van der Waals surface area contributed by atoms with Gasteiger partial charge < -0.3 is 16.0 Å². The monoisotopic (exact) mass is 362 g/mol. The van der Waals surface area contributed by atoms with Gasteiger partial charge in [-0.25, -0.2) is 0 Å². The number of rotatable bonds is 5. The second kappa shape index (κ2) is 7.02. The number of nitrogen functional groups attached to an aromatic ring is 2. The van der Waals surface area contributed by atoms with Crippen molar-refractivity contribution in [1.82, 2.24) is 29.7 Å². The lowest BCUT2D eigenvalue weighted by molar-refractivity contribution is 0.687. The normalized spacial score (nSPS) is 10.9. The molecule has 0 amide bonds. The van der Waals surface area contributed by atoms with Crippen LogP contribution in [0.3, 0.4) is 0 Å². The van der Waals surface area contributed by atoms with Crippen molar-refractivity contribution in [3.8, 4) is 11.4 Å². The van der Waals surface area contributed by atoms with E-state index < -0.39 is 0 Å². The zero-order valence-corrected chi connectivity index (χ0v) is 14.4. The number of hydrogen-bond donors (Lipinski definition) is 2. The molecule has 0 atom stereocenters. The van der Waals surface area contributed by atoms with Crippen LogP contribution in [-0.2, 0) is 12.3 Å². The molecule has 0 radical (unpaired) electrons. The van der Waals surface area contributed by atoms with Crippen LogP contribution in [0.25, 0.3) is 11.4 Å². The van der Waals surface area contributed by atoms with Crippen LogP contribution >= 0.6 is 23.4 Å². The number of nitrogens with zero attached hydrogens (tertiary/aromatic N) is 6. The van der Waals surface area contributed by atoms with E-state index in [0.717, 1.165) is 23.1 Å². The molecule has 0 aliphatic rings. The molecule has 8 nitrogen and oxygen atoms in total. The van der Waals surface area contributed by atoms with E-state index in [1.54, 1.807) is 0 Å². The van der Waals surface area contributed by atoms with Crippen LogP contribution in [0.4, 0.5) is 11.9 Å². The third-order valence-corrected chi connectivity index (χ3v) is 4.40. The molecule has 3 aromatic rings. The van der Waals surface area contributed by atoms with Crippen molar-refractivity contribution in [3.63, 3.8) is 0 Å². The summed E-state index contributed by atoms with van der Waals surface area (Å²) in [4.78, 5) is 11.9. The van der Waals surface area contributed by atoms with Crippen LogP contribution in [0.15, 0.2) is 29.4 Å². The molecular weight excluding hydrogens is 348 g/mol. The standard InChI is InChI=1S/C14H15ClN8S/c1-2-23-11(8-3-5-9(15)6-4-8)21-22-14(23)24-7-10-18-12(16)20-13(17)19-10/h3-6H,2,7H2,1H3,(H4,16,17,18,19,20). The van der Waals surface area contributed by atoms with Gasteiger partial charge >= 0.3 is 0 Å². The Bertz CT molecular complexity index is 828. The molecule has 0 aliphatic carbocycles. The Balaban J connectivity index is 1.82. The molecule has 0 aliphatic heterocycles. The maximum atomic E-state index is 5.93. The number of anilines is 2. The predicted molar refractivity (Wildman–Crippen MR) is 94.4 cm³/mol. The van der Waals surface area contributed by atoms with Crippen molar-refractivity contribution in [3.05, 3.63) is 35.1 Å². The Morgan fingerprint density at radius 3 is 2.33 bits per heavy atom. The number of benzene rings is 1. The maximum Gasteiger partial charge on any atom is 0.225 e. The lowest BCUT2D eigenvalue weighted by Gasteiger charge is -2.07. The van der Waals surface area contributed by atoms with Gasteiger partial charge in [-0.1, -0.05) is 23.4 Å². The largest absolute Gasteiger partial charge is 0.368 e. The molecule has 10 heteroatoms. The summed E-state index contributed by atoms with van der Waals surface area (Å²) < 4.78 is 2.02. The van der Waals surface area contributed by atoms with E-state index in [4.69, 9.17) is 23.1 Å². The fraction of sp³-hybridized carbons (Fsp3) is 0.214. The average molecular weight is 363 g/mol. The van der Waals surface area contributed by atoms with E-state index in [1.165, 1.54) is 11.8 Å². The molecule has 0 saturated carbocycles.